The van der Waals surface area contributed by atoms with Crippen LogP contribution in [0.25, 0.3) is 0 Å². The van der Waals surface area contributed by atoms with E-state index in [0.717, 1.165) is 27.6 Å². The summed E-state index contributed by atoms with van der Waals surface area (Å²) in [5, 5.41) is 3.80. The quantitative estimate of drug-likeness (QED) is 0.251. The summed E-state index contributed by atoms with van der Waals surface area (Å²) < 4.78 is 0.938. The zero-order valence-electron chi connectivity index (χ0n) is 20.6. The Labute approximate surface area is 231 Å². The van der Waals surface area contributed by atoms with E-state index in [-0.39, 0.29) is 23.6 Å². The van der Waals surface area contributed by atoms with Crippen molar-refractivity contribution >= 4 is 51.1 Å². The molecule has 0 fully saturated rings. The van der Waals surface area contributed by atoms with Crippen molar-refractivity contribution in [2.24, 2.45) is 0 Å². The molecular weight excluding hydrogens is 556 g/mol. The summed E-state index contributed by atoms with van der Waals surface area (Å²) in [5.41, 5.74) is 3.09. The van der Waals surface area contributed by atoms with Crippen LogP contribution in [-0.2, 0) is 28.3 Å². The Kier molecular flexibility index (Phi) is 11.4. The van der Waals surface area contributed by atoms with Gasteiger partial charge in [0, 0.05) is 34.3 Å². The van der Waals surface area contributed by atoms with Crippen LogP contribution in [0.1, 0.15) is 37.0 Å². The molecule has 3 aromatic carbocycles. The van der Waals surface area contributed by atoms with Gasteiger partial charge in [-0.2, -0.15) is 0 Å². The highest BCUT2D eigenvalue weighted by Crippen LogP contribution is 2.21. The SMILES string of the molecule is CC[C@@H](C)NC(=O)[C@H](Cc1ccccc1)N(Cc1cccc(Br)c1)C(=O)CSCc1ccc(Cl)cc1. The minimum absolute atomic E-state index is 0.0258. The van der Waals surface area contributed by atoms with Crippen LogP contribution in [0.15, 0.2) is 83.3 Å². The molecule has 3 rings (SSSR count). The van der Waals surface area contributed by atoms with Crippen molar-refractivity contribution in [3.63, 3.8) is 0 Å². The highest BCUT2D eigenvalue weighted by Gasteiger charge is 2.30. The second-order valence-electron chi connectivity index (χ2n) is 8.79. The topological polar surface area (TPSA) is 49.4 Å². The lowest BCUT2D eigenvalue weighted by Crippen LogP contribution is -2.52. The number of hydrogen-bond acceptors (Lipinski definition) is 3. The first-order chi connectivity index (χ1) is 17.4. The lowest BCUT2D eigenvalue weighted by atomic mass is 10.0. The molecular formula is C29H32BrClN2O2S. The van der Waals surface area contributed by atoms with E-state index in [1.807, 2.05) is 92.7 Å². The van der Waals surface area contributed by atoms with Crippen LogP contribution in [0.3, 0.4) is 0 Å². The minimum atomic E-state index is -0.621. The Morgan fingerprint density at radius 1 is 0.972 bits per heavy atom. The molecule has 1 N–H and O–H groups in total. The van der Waals surface area contributed by atoms with Gasteiger partial charge in [0.05, 0.1) is 5.75 Å². The Morgan fingerprint density at radius 3 is 2.33 bits per heavy atom. The fourth-order valence-electron chi connectivity index (χ4n) is 3.75. The third-order valence-electron chi connectivity index (χ3n) is 5.92. The predicted molar refractivity (Wildman–Crippen MR) is 154 cm³/mol. The van der Waals surface area contributed by atoms with Gasteiger partial charge in [-0.1, -0.05) is 89.1 Å². The van der Waals surface area contributed by atoms with Crippen molar-refractivity contribution in [2.75, 3.05) is 5.75 Å². The maximum Gasteiger partial charge on any atom is 0.243 e. The Balaban J connectivity index is 1.85. The molecule has 3 aromatic rings. The summed E-state index contributed by atoms with van der Waals surface area (Å²) in [6.45, 7) is 4.38. The summed E-state index contributed by atoms with van der Waals surface area (Å²) >= 11 is 11.1. The molecule has 36 heavy (non-hydrogen) atoms. The van der Waals surface area contributed by atoms with Crippen molar-refractivity contribution in [1.82, 2.24) is 10.2 Å². The van der Waals surface area contributed by atoms with Crippen molar-refractivity contribution in [2.45, 2.75) is 51.1 Å². The van der Waals surface area contributed by atoms with E-state index in [4.69, 9.17) is 11.6 Å². The largest absolute Gasteiger partial charge is 0.352 e. The molecule has 0 bridgehead atoms. The summed E-state index contributed by atoms with van der Waals surface area (Å²) in [6, 6.07) is 24.8. The van der Waals surface area contributed by atoms with Crippen LogP contribution in [0.4, 0.5) is 0 Å². The fourth-order valence-corrected chi connectivity index (χ4v) is 5.19. The number of carbonyl (C=O) groups excluding carboxylic acids is 2. The van der Waals surface area contributed by atoms with Gasteiger partial charge in [0.25, 0.3) is 0 Å². The summed E-state index contributed by atoms with van der Waals surface area (Å²) in [6.07, 6.45) is 1.27. The molecule has 4 nitrogen and oxygen atoms in total. The van der Waals surface area contributed by atoms with Gasteiger partial charge in [0.1, 0.15) is 6.04 Å². The van der Waals surface area contributed by atoms with E-state index in [2.05, 4.69) is 21.2 Å². The molecule has 0 saturated carbocycles. The van der Waals surface area contributed by atoms with Gasteiger partial charge < -0.3 is 10.2 Å². The first-order valence-corrected chi connectivity index (χ1v) is 14.4. The Hall–Kier alpha value is -2.28. The Morgan fingerprint density at radius 2 is 1.67 bits per heavy atom. The highest BCUT2D eigenvalue weighted by molar-refractivity contribution is 9.10. The van der Waals surface area contributed by atoms with Gasteiger partial charge in [-0.15, -0.1) is 11.8 Å². The Bertz CT molecular complexity index is 1130. The summed E-state index contributed by atoms with van der Waals surface area (Å²) in [5.74, 6) is 0.780. The van der Waals surface area contributed by atoms with Crippen LogP contribution in [0.5, 0.6) is 0 Å². The lowest BCUT2D eigenvalue weighted by molar-refractivity contribution is -0.139. The number of nitrogens with one attached hydrogen (secondary N) is 1. The van der Waals surface area contributed by atoms with Crippen LogP contribution < -0.4 is 5.32 Å². The fraction of sp³-hybridized carbons (Fsp3) is 0.310. The highest BCUT2D eigenvalue weighted by atomic mass is 79.9. The summed E-state index contributed by atoms with van der Waals surface area (Å²) in [7, 11) is 0. The molecule has 0 aliphatic heterocycles. The lowest BCUT2D eigenvalue weighted by Gasteiger charge is -2.32. The molecule has 0 spiro atoms. The number of carbonyl (C=O) groups is 2. The monoisotopic (exact) mass is 586 g/mol. The van der Waals surface area contributed by atoms with Gasteiger partial charge in [-0.25, -0.2) is 0 Å². The van der Waals surface area contributed by atoms with Crippen LogP contribution >= 0.6 is 39.3 Å². The van der Waals surface area contributed by atoms with Gasteiger partial charge in [-0.05, 0) is 54.3 Å². The van der Waals surface area contributed by atoms with E-state index in [0.29, 0.717) is 23.7 Å². The summed E-state index contributed by atoms with van der Waals surface area (Å²) in [4.78, 5) is 28.9. The molecule has 0 saturated heterocycles. The average Bonchev–Trinajstić information content (AvgIpc) is 2.87. The standard InChI is InChI=1S/C29H32BrClN2O2S/c1-3-21(2)32-29(35)27(17-22-8-5-4-6-9-22)33(18-24-10-7-11-25(30)16-24)28(34)20-36-19-23-12-14-26(31)15-13-23/h4-16,21,27H,3,17-20H2,1-2H3,(H,32,35)/t21-,27+/m1/s1. The van der Waals surface area contributed by atoms with Crippen LogP contribution in [0.2, 0.25) is 5.02 Å². The van der Waals surface area contributed by atoms with E-state index in [1.54, 1.807) is 16.7 Å². The second-order valence-corrected chi connectivity index (χ2v) is 11.1. The molecule has 7 heteroatoms. The number of halogens is 2. The number of nitrogens with zero attached hydrogens (tertiary/aromatic N) is 1. The smallest absolute Gasteiger partial charge is 0.243 e. The van der Waals surface area contributed by atoms with Crippen molar-refractivity contribution < 1.29 is 9.59 Å². The number of thioether (sulfide) groups is 1. The maximum absolute atomic E-state index is 13.7. The van der Waals surface area contributed by atoms with Gasteiger partial charge in [-0.3, -0.25) is 9.59 Å². The average molecular weight is 588 g/mol. The van der Waals surface area contributed by atoms with Gasteiger partial charge in [0.2, 0.25) is 11.8 Å². The van der Waals surface area contributed by atoms with Crippen LogP contribution in [-0.4, -0.2) is 34.6 Å². The van der Waals surface area contributed by atoms with E-state index < -0.39 is 6.04 Å². The van der Waals surface area contributed by atoms with Gasteiger partial charge in [0.15, 0.2) is 0 Å². The van der Waals surface area contributed by atoms with Crippen molar-refractivity contribution in [3.8, 4) is 0 Å². The maximum atomic E-state index is 13.7. The number of benzene rings is 3. The molecule has 0 radical (unpaired) electrons. The first-order valence-electron chi connectivity index (χ1n) is 12.1. The van der Waals surface area contributed by atoms with Gasteiger partial charge >= 0.3 is 0 Å². The zero-order chi connectivity index (χ0) is 25.9. The molecule has 0 aliphatic carbocycles. The number of hydrogen-bond donors (Lipinski definition) is 1. The predicted octanol–water partition coefficient (Wildman–Crippen LogP) is 6.89. The molecule has 2 atom stereocenters. The second kappa shape index (κ2) is 14.5. The normalized spacial score (nSPS) is 12.6. The molecule has 2 amide bonds. The molecule has 0 unspecified atom stereocenters. The zero-order valence-corrected chi connectivity index (χ0v) is 23.8. The third-order valence-corrected chi connectivity index (χ3v) is 7.66. The number of amides is 2. The van der Waals surface area contributed by atoms with E-state index in [1.165, 1.54) is 0 Å². The molecule has 0 heterocycles. The molecule has 0 aliphatic rings. The number of rotatable bonds is 12. The van der Waals surface area contributed by atoms with Crippen molar-refractivity contribution in [3.05, 3.63) is 105 Å². The molecule has 190 valence electrons. The van der Waals surface area contributed by atoms with E-state index in [9.17, 15) is 9.59 Å². The van der Waals surface area contributed by atoms with Crippen LogP contribution in [0, 0.1) is 0 Å². The third kappa shape index (κ3) is 8.99. The minimum Gasteiger partial charge on any atom is -0.352 e. The molecule has 0 aromatic heterocycles. The van der Waals surface area contributed by atoms with Crippen molar-refractivity contribution in [1.29, 1.82) is 0 Å². The van der Waals surface area contributed by atoms with E-state index >= 15 is 0 Å². The first kappa shape index (κ1) is 28.3.